The molecule has 4 heteroatoms. The molecule has 0 aromatic heterocycles. The highest BCUT2D eigenvalue weighted by Gasteiger charge is 2.64. The summed E-state index contributed by atoms with van der Waals surface area (Å²) in [5.74, 6) is 0.910. The maximum absolute atomic E-state index is 6.99. The second-order valence-corrected chi connectivity index (χ2v) is 22.9. The van der Waals surface area contributed by atoms with Crippen molar-refractivity contribution in [3.05, 3.63) is 0 Å². The fraction of sp³-hybridized carbons (Fsp3) is 0.950. The highest BCUT2D eigenvalue weighted by Crippen LogP contribution is 2.62. The van der Waals surface area contributed by atoms with Gasteiger partial charge in [-0.15, -0.1) is 0 Å². The molecule has 2 nitrogen and oxygen atoms in total. The predicted octanol–water partition coefficient (Wildman–Crippen LogP) is 7.77. The fourth-order valence-corrected chi connectivity index (χ4v) is 14.1. The summed E-state index contributed by atoms with van der Waals surface area (Å²) in [4.78, 5) is 0. The van der Waals surface area contributed by atoms with Gasteiger partial charge in [-0.05, 0) is 33.2 Å². The molecule has 0 aliphatic carbocycles. The Kier molecular flexibility index (Phi) is 6.54. The van der Waals surface area contributed by atoms with Crippen molar-refractivity contribution in [3.8, 4) is 0 Å². The van der Waals surface area contributed by atoms with Crippen LogP contribution in [0.5, 0.6) is 0 Å². The maximum atomic E-state index is 6.99. The van der Waals surface area contributed by atoms with Crippen LogP contribution in [-0.4, -0.2) is 22.5 Å². The number of hydrogen-bond donors (Lipinski definition) is 0. The average Bonchev–Trinajstić information content (AvgIpc) is 2.17. The molecule has 0 unspecified atom stereocenters. The van der Waals surface area contributed by atoms with Crippen LogP contribution >= 0.6 is 0 Å². The molecule has 0 aromatic carbocycles. The lowest BCUT2D eigenvalue weighted by molar-refractivity contribution is 0.365. The summed E-state index contributed by atoms with van der Waals surface area (Å²) < 4.78 is 12.2. The minimum absolute atomic E-state index is 0.119. The Morgan fingerprint density at radius 3 is 1.12 bits per heavy atom. The molecule has 0 fully saturated rings. The Hall–Kier alpha value is -0.0962. The zero-order valence-electron chi connectivity index (χ0n) is 19.4. The summed E-state index contributed by atoms with van der Waals surface area (Å²) in [6, 6.07) is 0. The van der Waals surface area contributed by atoms with Gasteiger partial charge < -0.3 is 4.43 Å². The number of nitrogens with zero attached hydrogens (tertiary/aromatic N) is 1. The zero-order chi connectivity index (χ0) is 20.0. The van der Waals surface area contributed by atoms with Gasteiger partial charge in [0, 0.05) is 6.92 Å². The van der Waals surface area contributed by atoms with Gasteiger partial charge >= 0.3 is 0 Å². The van der Waals surface area contributed by atoms with Crippen LogP contribution < -0.4 is 0 Å². The summed E-state index contributed by atoms with van der Waals surface area (Å²) in [6.07, 6.45) is 0. The molecule has 0 rings (SSSR count). The number of hydrogen-bond acceptors (Lipinski definition) is 2. The molecule has 0 aliphatic heterocycles. The molecule has 0 atom stereocenters. The van der Waals surface area contributed by atoms with E-state index in [1.54, 1.807) is 0 Å². The van der Waals surface area contributed by atoms with E-state index in [2.05, 4.69) is 103 Å². The minimum atomic E-state index is -2.23. The quantitative estimate of drug-likeness (QED) is 0.276. The first kappa shape index (κ1) is 23.9. The van der Waals surface area contributed by atoms with E-state index in [0.29, 0.717) is 0 Å². The Balaban J connectivity index is 6.29. The fourth-order valence-electron chi connectivity index (χ4n) is 4.64. The van der Waals surface area contributed by atoms with Crippen molar-refractivity contribution in [1.29, 1.82) is 0 Å². The van der Waals surface area contributed by atoms with Gasteiger partial charge in [0.25, 0.3) is 8.32 Å². The van der Waals surface area contributed by atoms with Crippen molar-refractivity contribution in [2.24, 2.45) is 4.66 Å². The predicted molar refractivity (Wildman–Crippen MR) is 116 cm³/mol. The smallest absolute Gasteiger partial charge is 0.268 e. The van der Waals surface area contributed by atoms with Crippen molar-refractivity contribution in [1.82, 2.24) is 0 Å². The molecule has 0 bridgehead atoms. The Morgan fingerprint density at radius 2 is 0.917 bits per heavy atom. The molecular weight excluding hydrogens is 326 g/mol. The van der Waals surface area contributed by atoms with E-state index in [-0.39, 0.29) is 20.2 Å². The van der Waals surface area contributed by atoms with Crippen LogP contribution in [-0.2, 0) is 4.43 Å². The molecule has 0 spiro atoms. The molecule has 0 saturated heterocycles. The molecule has 0 heterocycles. The van der Waals surface area contributed by atoms with Gasteiger partial charge in [0.05, 0.1) is 0 Å². The first-order valence-electron chi connectivity index (χ1n) is 9.36. The van der Waals surface area contributed by atoms with E-state index in [1.165, 1.54) is 0 Å². The van der Waals surface area contributed by atoms with E-state index in [0.717, 1.165) is 5.90 Å². The Labute approximate surface area is 155 Å². The van der Waals surface area contributed by atoms with Gasteiger partial charge in [-0.1, -0.05) is 83.1 Å². The normalized spacial score (nSPS) is 16.4. The van der Waals surface area contributed by atoms with E-state index in [9.17, 15) is 0 Å². The molecule has 0 amide bonds. The monoisotopic (exact) mass is 371 g/mol. The molecule has 144 valence electrons. The van der Waals surface area contributed by atoms with Gasteiger partial charge in [0.15, 0.2) is 14.1 Å². The maximum Gasteiger partial charge on any atom is 0.268 e. The van der Waals surface area contributed by atoms with E-state index in [4.69, 9.17) is 9.08 Å². The van der Waals surface area contributed by atoms with Crippen molar-refractivity contribution in [2.75, 3.05) is 0 Å². The summed E-state index contributed by atoms with van der Waals surface area (Å²) in [7, 11) is -3.99. The lowest BCUT2D eigenvalue weighted by Crippen LogP contribution is -2.61. The minimum Gasteiger partial charge on any atom is -0.533 e. The van der Waals surface area contributed by atoms with E-state index in [1.807, 2.05) is 0 Å². The highest BCUT2D eigenvalue weighted by atomic mass is 28.4. The molecule has 0 saturated carbocycles. The second-order valence-electron chi connectivity index (χ2n) is 12.0. The molecule has 0 aromatic rings. The zero-order valence-corrected chi connectivity index (χ0v) is 21.4. The van der Waals surface area contributed by atoms with Gasteiger partial charge in [-0.25, -0.2) is 0 Å². The van der Waals surface area contributed by atoms with Gasteiger partial charge in [0.2, 0.25) is 0 Å². The summed E-state index contributed by atoms with van der Waals surface area (Å²) >= 11 is 0. The first-order chi connectivity index (χ1) is 10.1. The van der Waals surface area contributed by atoms with Gasteiger partial charge in [-0.2, -0.15) is 0 Å². The highest BCUT2D eigenvalue weighted by molar-refractivity contribution is 6.84. The van der Waals surface area contributed by atoms with Crippen LogP contribution in [0, 0.1) is 0 Å². The summed E-state index contributed by atoms with van der Waals surface area (Å²) in [6.45, 7) is 34.9. The van der Waals surface area contributed by atoms with Crippen LogP contribution in [0.3, 0.4) is 0 Å². The lowest BCUT2D eigenvalue weighted by Gasteiger charge is -2.57. The molecule has 0 aliphatic rings. The van der Waals surface area contributed by atoms with E-state index < -0.39 is 16.6 Å². The Bertz CT molecular complexity index is 430. The topological polar surface area (TPSA) is 21.6 Å². The third kappa shape index (κ3) is 4.54. The van der Waals surface area contributed by atoms with Crippen molar-refractivity contribution >= 4 is 22.5 Å². The van der Waals surface area contributed by atoms with Crippen LogP contribution in [0.25, 0.3) is 0 Å². The van der Waals surface area contributed by atoms with Gasteiger partial charge in [-0.3, -0.25) is 4.66 Å². The third-order valence-corrected chi connectivity index (χ3v) is 17.2. The average molecular weight is 372 g/mol. The SMILES string of the molecule is C/C(=N\[Si](C)(C)C(C)(C)C)O[Si](C(C)(C)C)(C(C)(C)C)C(C)(C)C. The molecule has 0 N–H and O–H groups in total. The summed E-state index contributed by atoms with van der Waals surface area (Å²) in [5, 5.41) is 0.585. The molecule has 0 radical (unpaired) electrons. The third-order valence-electron chi connectivity index (χ3n) is 5.74. The summed E-state index contributed by atoms with van der Waals surface area (Å²) in [5.41, 5.74) is 0. The lowest BCUT2D eigenvalue weighted by atomic mass is 10.2. The molecular formula is C20H45NOSi2. The van der Waals surface area contributed by atoms with Crippen LogP contribution in [0.1, 0.15) is 90.0 Å². The van der Waals surface area contributed by atoms with E-state index >= 15 is 0 Å². The van der Waals surface area contributed by atoms with Gasteiger partial charge in [0.1, 0.15) is 0 Å². The van der Waals surface area contributed by atoms with Crippen molar-refractivity contribution in [3.63, 3.8) is 0 Å². The van der Waals surface area contributed by atoms with Crippen LogP contribution in [0.4, 0.5) is 0 Å². The van der Waals surface area contributed by atoms with Crippen molar-refractivity contribution in [2.45, 2.75) is 123 Å². The second kappa shape index (κ2) is 6.57. The first-order valence-corrected chi connectivity index (χ1v) is 14.2. The van der Waals surface area contributed by atoms with Crippen LogP contribution in [0.2, 0.25) is 33.2 Å². The standard InChI is InChI=1S/C20H45NOSi2/c1-16(21-23(14,15)17(2,3)4)22-24(18(5,6)7,19(8,9)10)20(11,12)13/h1-15H3/b21-16+. The largest absolute Gasteiger partial charge is 0.533 e. The van der Waals surface area contributed by atoms with Crippen LogP contribution in [0.15, 0.2) is 4.66 Å². The number of rotatable bonds is 2. The van der Waals surface area contributed by atoms with Crippen molar-refractivity contribution < 1.29 is 4.43 Å². The Morgan fingerprint density at radius 1 is 0.625 bits per heavy atom. The molecule has 24 heavy (non-hydrogen) atoms.